The number of benzene rings is 1. The van der Waals surface area contributed by atoms with Crippen LogP contribution in [-0.4, -0.2) is 63.1 Å². The molecule has 0 N–H and O–H groups in total. The van der Waals surface area contributed by atoms with Crippen molar-refractivity contribution in [2.75, 3.05) is 39.5 Å². The number of ether oxygens (including phenoxy) is 1. The predicted molar refractivity (Wildman–Crippen MR) is 84.3 cm³/mol. The van der Waals surface area contributed by atoms with Gasteiger partial charge in [-0.3, -0.25) is 4.79 Å². The molecule has 0 aromatic heterocycles. The van der Waals surface area contributed by atoms with E-state index in [0.29, 0.717) is 38.3 Å². The molecule has 1 saturated heterocycles. The van der Waals surface area contributed by atoms with E-state index in [1.54, 1.807) is 12.0 Å². The number of hydrogen-bond acceptors (Lipinski definition) is 4. The zero-order chi connectivity index (χ0) is 16.2. The van der Waals surface area contributed by atoms with Crippen LogP contribution in [0.25, 0.3) is 0 Å². The van der Waals surface area contributed by atoms with Crippen LogP contribution < -0.4 is 4.74 Å². The van der Waals surface area contributed by atoms with E-state index < -0.39 is 10.0 Å². The Labute approximate surface area is 131 Å². The quantitative estimate of drug-likeness (QED) is 0.818. The lowest BCUT2D eigenvalue weighted by Gasteiger charge is -2.21. The molecule has 6 nitrogen and oxygen atoms in total. The van der Waals surface area contributed by atoms with Crippen molar-refractivity contribution in [2.24, 2.45) is 0 Å². The molecule has 2 rings (SSSR count). The first kappa shape index (κ1) is 16.8. The van der Waals surface area contributed by atoms with Crippen molar-refractivity contribution < 1.29 is 17.9 Å². The van der Waals surface area contributed by atoms with Gasteiger partial charge in [0.05, 0.1) is 19.8 Å². The Morgan fingerprint density at radius 3 is 2.59 bits per heavy atom. The molecule has 0 atom stereocenters. The van der Waals surface area contributed by atoms with E-state index in [9.17, 15) is 13.2 Å². The number of carbonyl (C=O) groups is 1. The van der Waals surface area contributed by atoms with E-state index in [1.165, 1.54) is 10.6 Å². The monoisotopic (exact) mass is 326 g/mol. The zero-order valence-electron chi connectivity index (χ0n) is 13.0. The van der Waals surface area contributed by atoms with Gasteiger partial charge in [-0.1, -0.05) is 18.2 Å². The number of rotatable bonds is 4. The third-order valence-electron chi connectivity index (χ3n) is 3.81. The van der Waals surface area contributed by atoms with Crippen molar-refractivity contribution in [3.05, 3.63) is 29.8 Å². The Morgan fingerprint density at radius 1 is 1.18 bits per heavy atom. The molecule has 1 aliphatic rings. The number of para-hydroxylation sites is 1. The molecule has 1 aromatic rings. The fourth-order valence-corrected chi connectivity index (χ4v) is 3.47. The van der Waals surface area contributed by atoms with E-state index in [2.05, 4.69) is 0 Å². The molecule has 0 saturated carbocycles. The summed E-state index contributed by atoms with van der Waals surface area (Å²) >= 11 is 0. The number of carbonyl (C=O) groups excluding carboxylic acids is 1. The van der Waals surface area contributed by atoms with Crippen LogP contribution in [0, 0.1) is 0 Å². The van der Waals surface area contributed by atoms with Crippen molar-refractivity contribution >= 4 is 15.9 Å². The highest BCUT2D eigenvalue weighted by Gasteiger charge is 2.24. The molecule has 0 unspecified atom stereocenters. The molecular weight excluding hydrogens is 304 g/mol. The summed E-state index contributed by atoms with van der Waals surface area (Å²) in [6.07, 6.45) is 2.13. The summed E-state index contributed by atoms with van der Waals surface area (Å²) < 4.78 is 29.9. The molecular formula is C15H22N2O4S. The normalized spacial score (nSPS) is 17.1. The highest BCUT2D eigenvalue weighted by Crippen LogP contribution is 2.19. The molecule has 0 bridgehead atoms. The molecule has 0 radical (unpaired) electrons. The van der Waals surface area contributed by atoms with Crippen molar-refractivity contribution in [2.45, 2.75) is 12.8 Å². The van der Waals surface area contributed by atoms with Crippen molar-refractivity contribution in [1.29, 1.82) is 0 Å². The molecule has 1 aromatic carbocycles. The van der Waals surface area contributed by atoms with Gasteiger partial charge in [0.15, 0.2) is 0 Å². The van der Waals surface area contributed by atoms with E-state index in [0.717, 1.165) is 5.56 Å². The molecule has 7 heteroatoms. The average molecular weight is 326 g/mol. The molecule has 0 aliphatic carbocycles. The maximum absolute atomic E-state index is 12.4. The minimum Gasteiger partial charge on any atom is -0.496 e. The highest BCUT2D eigenvalue weighted by atomic mass is 32.2. The van der Waals surface area contributed by atoms with Crippen LogP contribution in [0.5, 0.6) is 5.75 Å². The lowest BCUT2D eigenvalue weighted by Crippen LogP contribution is -2.37. The number of nitrogens with zero attached hydrogens (tertiary/aromatic N) is 2. The van der Waals surface area contributed by atoms with Gasteiger partial charge in [-0.05, 0) is 12.5 Å². The Balaban J connectivity index is 2.01. The van der Waals surface area contributed by atoms with Crippen molar-refractivity contribution in [1.82, 2.24) is 9.21 Å². The second kappa shape index (κ2) is 7.11. The fraction of sp³-hybridized carbons (Fsp3) is 0.533. The van der Waals surface area contributed by atoms with Gasteiger partial charge >= 0.3 is 0 Å². The SMILES string of the molecule is COc1ccccc1CC(=O)N1CCCN(S(C)(=O)=O)CC1. The van der Waals surface area contributed by atoms with E-state index >= 15 is 0 Å². The van der Waals surface area contributed by atoms with E-state index in [-0.39, 0.29) is 12.3 Å². The molecule has 122 valence electrons. The average Bonchev–Trinajstić information content (AvgIpc) is 2.73. The minimum atomic E-state index is -3.19. The summed E-state index contributed by atoms with van der Waals surface area (Å²) in [4.78, 5) is 14.2. The maximum atomic E-state index is 12.4. The summed E-state index contributed by atoms with van der Waals surface area (Å²) in [5.41, 5.74) is 0.846. The fourth-order valence-electron chi connectivity index (χ4n) is 2.60. The Morgan fingerprint density at radius 2 is 1.91 bits per heavy atom. The Bertz CT molecular complexity index is 630. The van der Waals surface area contributed by atoms with Gasteiger partial charge in [-0.25, -0.2) is 12.7 Å². The molecule has 1 heterocycles. The van der Waals surface area contributed by atoms with Gasteiger partial charge in [0, 0.05) is 31.7 Å². The summed E-state index contributed by atoms with van der Waals surface area (Å²) in [6.45, 7) is 1.84. The zero-order valence-corrected chi connectivity index (χ0v) is 13.8. The van der Waals surface area contributed by atoms with Gasteiger partial charge in [-0.2, -0.15) is 0 Å². The number of methoxy groups -OCH3 is 1. The minimum absolute atomic E-state index is 0.000138. The summed E-state index contributed by atoms with van der Waals surface area (Å²) in [5, 5.41) is 0. The standard InChI is InChI=1S/C15H22N2O4S/c1-21-14-7-4-3-6-13(14)12-15(18)16-8-5-9-17(11-10-16)22(2,19)20/h3-4,6-7H,5,8-12H2,1-2H3. The van der Waals surface area contributed by atoms with E-state index in [4.69, 9.17) is 4.74 Å². The van der Waals surface area contributed by atoms with Crippen LogP contribution in [0.3, 0.4) is 0 Å². The summed E-state index contributed by atoms with van der Waals surface area (Å²) in [6, 6.07) is 7.44. The maximum Gasteiger partial charge on any atom is 0.227 e. The van der Waals surface area contributed by atoms with Crippen LogP contribution in [0.2, 0.25) is 0 Å². The van der Waals surface area contributed by atoms with Crippen LogP contribution in [0.15, 0.2) is 24.3 Å². The van der Waals surface area contributed by atoms with Crippen LogP contribution in [0.4, 0.5) is 0 Å². The van der Waals surface area contributed by atoms with Crippen LogP contribution >= 0.6 is 0 Å². The third-order valence-corrected chi connectivity index (χ3v) is 5.11. The first-order valence-corrected chi connectivity index (χ1v) is 9.11. The van der Waals surface area contributed by atoms with Crippen molar-refractivity contribution in [3.8, 4) is 5.75 Å². The predicted octanol–water partition coefficient (Wildman–Crippen LogP) is 0.732. The lowest BCUT2D eigenvalue weighted by atomic mass is 10.1. The van der Waals surface area contributed by atoms with Crippen LogP contribution in [0.1, 0.15) is 12.0 Å². The molecule has 1 amide bonds. The number of hydrogen-bond donors (Lipinski definition) is 0. The molecule has 22 heavy (non-hydrogen) atoms. The lowest BCUT2D eigenvalue weighted by molar-refractivity contribution is -0.130. The van der Waals surface area contributed by atoms with Gasteiger partial charge in [-0.15, -0.1) is 0 Å². The first-order chi connectivity index (χ1) is 10.4. The third kappa shape index (κ3) is 4.20. The van der Waals surface area contributed by atoms with Crippen molar-refractivity contribution in [3.63, 3.8) is 0 Å². The highest BCUT2D eigenvalue weighted by molar-refractivity contribution is 7.88. The Kier molecular flexibility index (Phi) is 5.42. The van der Waals surface area contributed by atoms with Gasteiger partial charge in [0.2, 0.25) is 15.9 Å². The Hall–Kier alpha value is -1.60. The second-order valence-corrected chi connectivity index (χ2v) is 7.37. The van der Waals surface area contributed by atoms with Gasteiger partial charge in [0.1, 0.15) is 5.75 Å². The second-order valence-electron chi connectivity index (χ2n) is 5.39. The number of amides is 1. The smallest absolute Gasteiger partial charge is 0.227 e. The molecule has 1 aliphatic heterocycles. The van der Waals surface area contributed by atoms with Gasteiger partial charge in [0.25, 0.3) is 0 Å². The molecule has 1 fully saturated rings. The summed E-state index contributed by atoms with van der Waals surface area (Å²) in [7, 11) is -1.61. The topological polar surface area (TPSA) is 66.9 Å². The van der Waals surface area contributed by atoms with E-state index in [1.807, 2.05) is 24.3 Å². The first-order valence-electron chi connectivity index (χ1n) is 7.26. The van der Waals surface area contributed by atoms with Gasteiger partial charge < -0.3 is 9.64 Å². The molecule has 0 spiro atoms. The summed E-state index contributed by atoms with van der Waals surface area (Å²) in [5.74, 6) is 0.697. The number of sulfonamides is 1. The largest absolute Gasteiger partial charge is 0.496 e. The van der Waals surface area contributed by atoms with Crippen LogP contribution in [-0.2, 0) is 21.2 Å².